The number of aromatic nitrogens is 1. The zero-order valence-corrected chi connectivity index (χ0v) is 12.8. The number of nitrogens with zero attached hydrogens (tertiary/aromatic N) is 3. The highest BCUT2D eigenvalue weighted by atomic mass is 79.9. The summed E-state index contributed by atoms with van der Waals surface area (Å²) in [5.74, 6) is 5.84. The van der Waals surface area contributed by atoms with Gasteiger partial charge >= 0.3 is 0 Å². The Morgan fingerprint density at radius 2 is 2.05 bits per heavy atom. The predicted molar refractivity (Wildman–Crippen MR) is 80.2 cm³/mol. The predicted octanol–water partition coefficient (Wildman–Crippen LogP) is 1.05. The van der Waals surface area contributed by atoms with Crippen LogP contribution in [0.5, 0.6) is 0 Å². The lowest BCUT2D eigenvalue weighted by Crippen LogP contribution is -2.49. The molecule has 2 heterocycles. The van der Waals surface area contributed by atoms with Gasteiger partial charge in [-0.2, -0.15) is 0 Å². The van der Waals surface area contributed by atoms with Crippen molar-refractivity contribution in [2.75, 3.05) is 31.6 Å². The minimum absolute atomic E-state index is 0.0119. The van der Waals surface area contributed by atoms with Gasteiger partial charge in [-0.1, -0.05) is 0 Å². The van der Waals surface area contributed by atoms with E-state index in [9.17, 15) is 4.79 Å². The molecule has 20 heavy (non-hydrogen) atoms. The van der Waals surface area contributed by atoms with Gasteiger partial charge < -0.3 is 10.3 Å². The van der Waals surface area contributed by atoms with Crippen molar-refractivity contribution in [1.82, 2.24) is 14.8 Å². The smallest absolute Gasteiger partial charge is 0.257 e. The van der Waals surface area contributed by atoms with Gasteiger partial charge in [-0.15, -0.1) is 0 Å². The first-order chi connectivity index (χ1) is 9.69. The molecule has 1 aliphatic carbocycles. The van der Waals surface area contributed by atoms with Crippen LogP contribution in [0.4, 0.5) is 5.82 Å². The van der Waals surface area contributed by atoms with E-state index in [4.69, 9.17) is 5.84 Å². The van der Waals surface area contributed by atoms with Gasteiger partial charge in [-0.25, -0.2) is 10.8 Å². The first kappa shape index (κ1) is 13.8. The largest absolute Gasteiger partial charge is 0.336 e. The Morgan fingerprint density at radius 1 is 1.35 bits per heavy atom. The lowest BCUT2D eigenvalue weighted by molar-refractivity contribution is 0.0628. The van der Waals surface area contributed by atoms with Crippen molar-refractivity contribution in [1.29, 1.82) is 0 Å². The molecule has 0 spiro atoms. The van der Waals surface area contributed by atoms with E-state index in [-0.39, 0.29) is 5.91 Å². The number of hydrogen-bond donors (Lipinski definition) is 2. The Morgan fingerprint density at radius 3 is 2.65 bits per heavy atom. The van der Waals surface area contributed by atoms with Crippen molar-refractivity contribution in [3.8, 4) is 0 Å². The Bertz CT molecular complexity index is 511. The molecule has 108 valence electrons. The number of carbonyl (C=O) groups is 1. The lowest BCUT2D eigenvalue weighted by Gasteiger charge is -2.35. The van der Waals surface area contributed by atoms with E-state index >= 15 is 0 Å². The molecule has 3 rings (SSSR count). The quantitative estimate of drug-likeness (QED) is 0.636. The highest BCUT2D eigenvalue weighted by Crippen LogP contribution is 2.28. The number of pyridine rings is 1. The van der Waals surface area contributed by atoms with Crippen molar-refractivity contribution in [2.24, 2.45) is 5.84 Å². The molecule has 2 aliphatic rings. The molecular weight excluding hydrogens is 322 g/mol. The summed E-state index contributed by atoms with van der Waals surface area (Å²) in [5, 5.41) is 0. The molecule has 1 saturated carbocycles. The molecule has 6 nitrogen and oxygen atoms in total. The molecule has 1 amide bonds. The van der Waals surface area contributed by atoms with E-state index in [1.807, 2.05) is 4.90 Å². The molecule has 7 heteroatoms. The van der Waals surface area contributed by atoms with E-state index < -0.39 is 0 Å². The number of carbonyl (C=O) groups excluding carboxylic acids is 1. The minimum atomic E-state index is -0.0119. The summed E-state index contributed by atoms with van der Waals surface area (Å²) in [7, 11) is 0. The number of amides is 1. The summed E-state index contributed by atoms with van der Waals surface area (Å²) in [6, 6.07) is 2.53. The van der Waals surface area contributed by atoms with Gasteiger partial charge in [-0.05, 0) is 34.8 Å². The Hall–Kier alpha value is -1.18. The van der Waals surface area contributed by atoms with Crippen LogP contribution in [0, 0.1) is 0 Å². The number of hydrazine groups is 1. The van der Waals surface area contributed by atoms with Crippen molar-refractivity contribution in [2.45, 2.75) is 18.9 Å². The summed E-state index contributed by atoms with van der Waals surface area (Å²) in [4.78, 5) is 21.1. The maximum absolute atomic E-state index is 12.6. The normalized spacial score (nSPS) is 20.0. The molecule has 3 N–H and O–H groups in total. The molecule has 1 aromatic heterocycles. The number of hydrogen-bond acceptors (Lipinski definition) is 5. The van der Waals surface area contributed by atoms with Gasteiger partial charge in [0.2, 0.25) is 0 Å². The maximum Gasteiger partial charge on any atom is 0.257 e. The number of nitrogen functional groups attached to an aromatic ring is 1. The fraction of sp³-hybridized carbons (Fsp3) is 0.538. The Balaban J connectivity index is 1.71. The van der Waals surface area contributed by atoms with Crippen molar-refractivity contribution in [3.05, 3.63) is 22.3 Å². The third kappa shape index (κ3) is 2.79. The number of nitrogens with two attached hydrogens (primary N) is 1. The molecule has 2 fully saturated rings. The van der Waals surface area contributed by atoms with Crippen molar-refractivity contribution in [3.63, 3.8) is 0 Å². The molecule has 0 radical (unpaired) electrons. The second-order valence-electron chi connectivity index (χ2n) is 5.25. The van der Waals surface area contributed by atoms with Gasteiger partial charge in [0.15, 0.2) is 5.82 Å². The molecule has 0 unspecified atom stereocenters. The first-order valence-electron chi connectivity index (χ1n) is 6.84. The van der Waals surface area contributed by atoms with Crippen LogP contribution in [0.25, 0.3) is 0 Å². The van der Waals surface area contributed by atoms with Crippen molar-refractivity contribution >= 4 is 27.7 Å². The number of rotatable bonds is 3. The summed E-state index contributed by atoms with van der Waals surface area (Å²) in [6.07, 6.45) is 4.24. The minimum Gasteiger partial charge on any atom is -0.336 e. The third-order valence-corrected chi connectivity index (χ3v) is 4.32. The van der Waals surface area contributed by atoms with Crippen LogP contribution in [-0.4, -0.2) is 52.9 Å². The van der Waals surface area contributed by atoms with Gasteiger partial charge in [0.1, 0.15) is 0 Å². The van der Waals surface area contributed by atoms with Crippen molar-refractivity contribution < 1.29 is 4.79 Å². The summed E-state index contributed by atoms with van der Waals surface area (Å²) in [6.45, 7) is 3.46. The molecule has 1 aromatic rings. The summed E-state index contributed by atoms with van der Waals surface area (Å²) < 4.78 is 0.775. The van der Waals surface area contributed by atoms with Crippen LogP contribution in [-0.2, 0) is 0 Å². The average molecular weight is 340 g/mol. The Labute approximate surface area is 126 Å². The first-order valence-corrected chi connectivity index (χ1v) is 7.64. The number of halogens is 1. The van der Waals surface area contributed by atoms with Crippen LogP contribution >= 0.6 is 15.9 Å². The van der Waals surface area contributed by atoms with Crippen LogP contribution in [0.1, 0.15) is 23.2 Å². The fourth-order valence-corrected chi connectivity index (χ4v) is 2.95. The van der Waals surface area contributed by atoms with E-state index in [0.29, 0.717) is 11.4 Å². The Kier molecular flexibility index (Phi) is 3.91. The zero-order chi connectivity index (χ0) is 14.1. The number of piperazine rings is 1. The highest BCUT2D eigenvalue weighted by Gasteiger charge is 2.32. The van der Waals surface area contributed by atoms with E-state index in [1.54, 1.807) is 12.3 Å². The molecular formula is C13H18BrN5O. The fourth-order valence-electron chi connectivity index (χ4n) is 2.62. The maximum atomic E-state index is 12.6. The van der Waals surface area contributed by atoms with E-state index in [2.05, 4.69) is 31.2 Å². The monoisotopic (exact) mass is 339 g/mol. The van der Waals surface area contributed by atoms with Gasteiger partial charge in [0, 0.05) is 42.9 Å². The second kappa shape index (κ2) is 5.67. The van der Waals surface area contributed by atoms with Crippen LogP contribution in [0.15, 0.2) is 16.7 Å². The highest BCUT2D eigenvalue weighted by molar-refractivity contribution is 9.10. The number of nitrogens with one attached hydrogen (secondary N) is 1. The van der Waals surface area contributed by atoms with Gasteiger partial charge in [-0.3, -0.25) is 9.69 Å². The standard InChI is InChI=1S/C13H18BrN5O/c14-9-7-11(12(17-15)16-8-9)13(20)19-5-3-18(4-6-19)10-1-2-10/h7-8,10H,1-6,15H2,(H,16,17). The second-order valence-corrected chi connectivity index (χ2v) is 6.17. The van der Waals surface area contributed by atoms with Gasteiger partial charge in [0.25, 0.3) is 5.91 Å². The molecule has 0 aromatic carbocycles. The lowest BCUT2D eigenvalue weighted by atomic mass is 10.2. The van der Waals surface area contributed by atoms with Crippen LogP contribution in [0.3, 0.4) is 0 Å². The van der Waals surface area contributed by atoms with Crippen LogP contribution in [0.2, 0.25) is 0 Å². The SMILES string of the molecule is NNc1ncc(Br)cc1C(=O)N1CCN(C2CC2)CC1. The molecule has 1 aliphatic heterocycles. The topological polar surface area (TPSA) is 74.5 Å². The average Bonchev–Trinajstić information content (AvgIpc) is 3.31. The number of anilines is 1. The summed E-state index contributed by atoms with van der Waals surface area (Å²) >= 11 is 3.34. The molecule has 0 atom stereocenters. The van der Waals surface area contributed by atoms with Crippen LogP contribution < -0.4 is 11.3 Å². The zero-order valence-electron chi connectivity index (χ0n) is 11.2. The van der Waals surface area contributed by atoms with Gasteiger partial charge in [0.05, 0.1) is 5.56 Å². The molecule has 1 saturated heterocycles. The third-order valence-electron chi connectivity index (χ3n) is 3.89. The van der Waals surface area contributed by atoms with E-state index in [0.717, 1.165) is 36.7 Å². The summed E-state index contributed by atoms with van der Waals surface area (Å²) in [5.41, 5.74) is 3.01. The van der Waals surface area contributed by atoms with E-state index in [1.165, 1.54) is 12.8 Å². The molecule has 0 bridgehead atoms.